The van der Waals surface area contributed by atoms with Gasteiger partial charge in [-0.25, -0.2) is 4.79 Å². The van der Waals surface area contributed by atoms with E-state index in [-0.39, 0.29) is 24.0 Å². The number of esters is 1. The molecule has 1 saturated heterocycles. The van der Waals surface area contributed by atoms with Crippen LogP contribution in [-0.4, -0.2) is 54.8 Å². The van der Waals surface area contributed by atoms with Crippen LogP contribution in [0.1, 0.15) is 46.5 Å². The first-order chi connectivity index (χ1) is 10.3. The van der Waals surface area contributed by atoms with Crippen molar-refractivity contribution in [2.45, 2.75) is 64.1 Å². The van der Waals surface area contributed by atoms with Crippen LogP contribution in [-0.2, 0) is 14.3 Å². The molecule has 1 aliphatic heterocycles. The van der Waals surface area contributed by atoms with Gasteiger partial charge in [-0.1, -0.05) is 0 Å². The summed E-state index contributed by atoms with van der Waals surface area (Å²) >= 11 is 0. The molecule has 0 spiro atoms. The SMILES string of the molecule is COC(=O)CC1CC(NC(=O)OC(C)(C)C)CN(C2CC2)C1. The summed E-state index contributed by atoms with van der Waals surface area (Å²) in [7, 11) is 1.42. The molecule has 6 nitrogen and oxygen atoms in total. The van der Waals surface area contributed by atoms with E-state index in [2.05, 4.69) is 10.2 Å². The van der Waals surface area contributed by atoms with Gasteiger partial charge in [0.15, 0.2) is 0 Å². The number of alkyl carbamates (subject to hydrolysis) is 1. The third-order valence-electron chi connectivity index (χ3n) is 4.03. The Morgan fingerprint density at radius 2 is 1.91 bits per heavy atom. The molecule has 0 aromatic heterocycles. The first-order valence-corrected chi connectivity index (χ1v) is 8.07. The number of likely N-dealkylation sites (tertiary alicyclic amines) is 1. The van der Waals surface area contributed by atoms with Crippen LogP contribution >= 0.6 is 0 Å². The van der Waals surface area contributed by atoms with Crippen molar-refractivity contribution in [2.75, 3.05) is 20.2 Å². The van der Waals surface area contributed by atoms with Crippen molar-refractivity contribution in [1.82, 2.24) is 10.2 Å². The molecule has 2 fully saturated rings. The number of ether oxygens (including phenoxy) is 2. The summed E-state index contributed by atoms with van der Waals surface area (Å²) in [5, 5.41) is 2.95. The molecule has 2 rings (SSSR count). The molecular weight excluding hydrogens is 284 g/mol. The van der Waals surface area contributed by atoms with E-state index in [9.17, 15) is 9.59 Å². The third kappa shape index (κ3) is 5.48. The highest BCUT2D eigenvalue weighted by Gasteiger charge is 2.37. The average molecular weight is 312 g/mol. The summed E-state index contributed by atoms with van der Waals surface area (Å²) in [6, 6.07) is 0.641. The van der Waals surface area contributed by atoms with E-state index >= 15 is 0 Å². The van der Waals surface area contributed by atoms with E-state index in [1.54, 1.807) is 0 Å². The molecular formula is C16H28N2O4. The largest absolute Gasteiger partial charge is 0.469 e. The molecule has 126 valence electrons. The van der Waals surface area contributed by atoms with Gasteiger partial charge in [0.1, 0.15) is 5.60 Å². The number of carbonyl (C=O) groups excluding carboxylic acids is 2. The second-order valence-corrected chi connectivity index (χ2v) is 7.41. The zero-order valence-electron chi connectivity index (χ0n) is 14.1. The van der Waals surface area contributed by atoms with Crippen molar-refractivity contribution in [2.24, 2.45) is 5.92 Å². The number of hydrogen-bond acceptors (Lipinski definition) is 5. The van der Waals surface area contributed by atoms with Gasteiger partial charge < -0.3 is 14.8 Å². The lowest BCUT2D eigenvalue weighted by atomic mass is 9.91. The predicted molar refractivity (Wildman–Crippen MR) is 82.5 cm³/mol. The van der Waals surface area contributed by atoms with Crippen LogP contribution in [0.25, 0.3) is 0 Å². The van der Waals surface area contributed by atoms with Crippen molar-refractivity contribution in [3.8, 4) is 0 Å². The fraction of sp³-hybridized carbons (Fsp3) is 0.875. The van der Waals surface area contributed by atoms with Crippen LogP contribution in [0.15, 0.2) is 0 Å². The number of rotatable bonds is 4. The molecule has 1 amide bonds. The molecule has 2 atom stereocenters. The number of hydrogen-bond donors (Lipinski definition) is 1. The van der Waals surface area contributed by atoms with E-state index in [0.717, 1.165) is 19.5 Å². The van der Waals surface area contributed by atoms with Crippen molar-refractivity contribution in [1.29, 1.82) is 0 Å². The molecule has 1 heterocycles. The minimum atomic E-state index is -0.500. The quantitative estimate of drug-likeness (QED) is 0.803. The molecule has 2 unspecified atom stereocenters. The second kappa shape index (κ2) is 6.86. The topological polar surface area (TPSA) is 67.9 Å². The number of nitrogens with one attached hydrogen (secondary N) is 1. The zero-order valence-corrected chi connectivity index (χ0v) is 14.1. The van der Waals surface area contributed by atoms with Crippen LogP contribution in [0.3, 0.4) is 0 Å². The highest BCUT2D eigenvalue weighted by atomic mass is 16.6. The second-order valence-electron chi connectivity index (χ2n) is 7.41. The van der Waals surface area contributed by atoms with Gasteiger partial charge in [-0.05, 0) is 46.0 Å². The molecule has 1 saturated carbocycles. The normalized spacial score (nSPS) is 26.4. The first kappa shape index (κ1) is 17.1. The van der Waals surface area contributed by atoms with Crippen LogP contribution in [0.5, 0.6) is 0 Å². The Morgan fingerprint density at radius 3 is 2.45 bits per heavy atom. The van der Waals surface area contributed by atoms with Crippen molar-refractivity contribution in [3.63, 3.8) is 0 Å². The van der Waals surface area contributed by atoms with Crippen LogP contribution in [0, 0.1) is 5.92 Å². The lowest BCUT2D eigenvalue weighted by Crippen LogP contribution is -2.52. The highest BCUT2D eigenvalue weighted by molar-refractivity contribution is 5.70. The first-order valence-electron chi connectivity index (χ1n) is 8.07. The Kier molecular flexibility index (Phi) is 5.32. The fourth-order valence-electron chi connectivity index (χ4n) is 3.02. The minimum absolute atomic E-state index is 0.0267. The van der Waals surface area contributed by atoms with Crippen LogP contribution in [0.2, 0.25) is 0 Å². The minimum Gasteiger partial charge on any atom is -0.469 e. The van der Waals surface area contributed by atoms with Gasteiger partial charge in [0.2, 0.25) is 0 Å². The standard InChI is InChI=1S/C16H28N2O4/c1-16(2,3)22-15(20)17-12-7-11(8-14(19)21-4)9-18(10-12)13-5-6-13/h11-13H,5-10H2,1-4H3,(H,17,20). The molecule has 1 N–H and O–H groups in total. The summed E-state index contributed by atoms with van der Waals surface area (Å²) < 4.78 is 10.1. The Morgan fingerprint density at radius 1 is 1.23 bits per heavy atom. The van der Waals surface area contributed by atoms with E-state index in [4.69, 9.17) is 9.47 Å². The smallest absolute Gasteiger partial charge is 0.407 e. The van der Waals surface area contributed by atoms with E-state index in [1.807, 2.05) is 20.8 Å². The van der Waals surface area contributed by atoms with Crippen molar-refractivity contribution < 1.29 is 19.1 Å². The number of piperidine rings is 1. The van der Waals surface area contributed by atoms with Gasteiger partial charge >= 0.3 is 12.1 Å². The molecule has 2 aliphatic rings. The maximum absolute atomic E-state index is 12.0. The van der Waals surface area contributed by atoms with E-state index < -0.39 is 5.60 Å². The summed E-state index contributed by atoms with van der Waals surface area (Å²) in [5.74, 6) is 0.0420. The average Bonchev–Trinajstić information content (AvgIpc) is 3.19. The summed E-state index contributed by atoms with van der Waals surface area (Å²) in [5.41, 5.74) is -0.500. The maximum atomic E-state index is 12.0. The number of methoxy groups -OCH3 is 1. The predicted octanol–water partition coefficient (Wildman–Crippen LogP) is 1.93. The van der Waals surface area contributed by atoms with Crippen molar-refractivity contribution in [3.05, 3.63) is 0 Å². The van der Waals surface area contributed by atoms with E-state index in [0.29, 0.717) is 12.5 Å². The lowest BCUT2D eigenvalue weighted by Gasteiger charge is -2.38. The zero-order chi connectivity index (χ0) is 16.3. The van der Waals surface area contributed by atoms with Crippen molar-refractivity contribution >= 4 is 12.1 Å². The summed E-state index contributed by atoms with van der Waals surface area (Å²) in [6.45, 7) is 7.30. The Labute approximate surface area is 132 Å². The van der Waals surface area contributed by atoms with Crippen LogP contribution < -0.4 is 5.32 Å². The van der Waals surface area contributed by atoms with E-state index in [1.165, 1.54) is 20.0 Å². The van der Waals surface area contributed by atoms with Gasteiger partial charge in [0.25, 0.3) is 0 Å². The highest BCUT2D eigenvalue weighted by Crippen LogP contribution is 2.32. The Hall–Kier alpha value is -1.30. The summed E-state index contributed by atoms with van der Waals surface area (Å²) in [6.07, 6.45) is 3.24. The molecule has 1 aliphatic carbocycles. The molecule has 22 heavy (non-hydrogen) atoms. The molecule has 0 bridgehead atoms. The van der Waals surface area contributed by atoms with Gasteiger partial charge in [-0.15, -0.1) is 0 Å². The third-order valence-corrected chi connectivity index (χ3v) is 4.03. The molecule has 0 aromatic rings. The number of nitrogens with zero attached hydrogens (tertiary/aromatic N) is 1. The molecule has 6 heteroatoms. The van der Waals surface area contributed by atoms with Gasteiger partial charge in [0, 0.05) is 31.6 Å². The van der Waals surface area contributed by atoms with Gasteiger partial charge in [-0.2, -0.15) is 0 Å². The molecule has 0 aromatic carbocycles. The maximum Gasteiger partial charge on any atom is 0.407 e. The Balaban J connectivity index is 1.91. The summed E-state index contributed by atoms with van der Waals surface area (Å²) in [4.78, 5) is 25.9. The molecule has 0 radical (unpaired) electrons. The Bertz CT molecular complexity index is 415. The monoisotopic (exact) mass is 312 g/mol. The lowest BCUT2D eigenvalue weighted by molar-refractivity contribution is -0.142. The van der Waals surface area contributed by atoms with Gasteiger partial charge in [-0.3, -0.25) is 9.69 Å². The fourth-order valence-corrected chi connectivity index (χ4v) is 3.02. The van der Waals surface area contributed by atoms with Gasteiger partial charge in [0.05, 0.1) is 7.11 Å². The number of carbonyl (C=O) groups is 2. The number of amides is 1. The van der Waals surface area contributed by atoms with Crippen LogP contribution in [0.4, 0.5) is 4.79 Å².